The summed E-state index contributed by atoms with van der Waals surface area (Å²) in [7, 11) is 0. The van der Waals surface area contributed by atoms with Crippen molar-refractivity contribution < 1.29 is 9.59 Å². The van der Waals surface area contributed by atoms with Crippen LogP contribution in [0.5, 0.6) is 0 Å². The average Bonchev–Trinajstić information content (AvgIpc) is 2.76. The number of nitrogens with zero attached hydrogens (tertiary/aromatic N) is 1. The molecule has 0 saturated carbocycles. The lowest BCUT2D eigenvalue weighted by atomic mass is 10.1. The highest BCUT2D eigenvalue weighted by Gasteiger charge is 2.36. The van der Waals surface area contributed by atoms with E-state index in [4.69, 9.17) is 0 Å². The van der Waals surface area contributed by atoms with Gasteiger partial charge in [-0.2, -0.15) is 0 Å². The van der Waals surface area contributed by atoms with Crippen LogP contribution in [-0.4, -0.2) is 40.3 Å². The Bertz CT molecular complexity index is 643. The molecule has 2 N–H and O–H groups in total. The minimum absolute atomic E-state index is 0.104. The first-order valence-electron chi connectivity index (χ1n) is 7.46. The van der Waals surface area contributed by atoms with Gasteiger partial charge in [-0.25, -0.2) is 0 Å². The highest BCUT2D eigenvalue weighted by molar-refractivity contribution is 5.92. The number of likely N-dealkylation sites (tertiary alicyclic amines) is 1. The van der Waals surface area contributed by atoms with E-state index in [9.17, 15) is 14.4 Å². The molecule has 2 heterocycles. The van der Waals surface area contributed by atoms with Crippen molar-refractivity contribution in [2.75, 3.05) is 13.1 Å². The molecule has 0 spiro atoms. The van der Waals surface area contributed by atoms with E-state index in [-0.39, 0.29) is 34.4 Å². The van der Waals surface area contributed by atoms with Crippen LogP contribution in [0.3, 0.4) is 0 Å². The van der Waals surface area contributed by atoms with E-state index in [2.05, 4.69) is 10.3 Å². The molecule has 0 aliphatic carbocycles. The first-order valence-corrected chi connectivity index (χ1v) is 7.46. The Morgan fingerprint density at radius 1 is 1.36 bits per heavy atom. The largest absolute Gasteiger partial charge is 0.354 e. The second-order valence-corrected chi connectivity index (χ2v) is 6.87. The molecule has 6 nitrogen and oxygen atoms in total. The minimum atomic E-state index is -0.317. The molecule has 1 atom stereocenters. The zero-order valence-corrected chi connectivity index (χ0v) is 13.5. The number of carbonyl (C=O) groups excluding carboxylic acids is 2. The van der Waals surface area contributed by atoms with Crippen LogP contribution in [-0.2, 0) is 4.79 Å². The van der Waals surface area contributed by atoms with Crippen molar-refractivity contribution in [3.05, 3.63) is 33.7 Å². The highest BCUT2D eigenvalue weighted by atomic mass is 16.2. The summed E-state index contributed by atoms with van der Waals surface area (Å²) in [6.45, 7) is 8.81. The van der Waals surface area contributed by atoms with E-state index < -0.39 is 0 Å². The van der Waals surface area contributed by atoms with Crippen LogP contribution in [0.15, 0.2) is 16.9 Å². The summed E-state index contributed by atoms with van der Waals surface area (Å²) in [6.07, 6.45) is 0.446. The lowest BCUT2D eigenvalue weighted by Crippen LogP contribution is -2.42. The Morgan fingerprint density at radius 2 is 2.05 bits per heavy atom. The van der Waals surface area contributed by atoms with Gasteiger partial charge in [0.1, 0.15) is 5.69 Å². The lowest BCUT2D eigenvalue weighted by molar-refractivity contribution is -0.131. The number of amides is 2. The van der Waals surface area contributed by atoms with Gasteiger partial charge in [0.05, 0.1) is 0 Å². The van der Waals surface area contributed by atoms with E-state index in [1.165, 1.54) is 12.1 Å². The van der Waals surface area contributed by atoms with E-state index in [1.54, 1.807) is 6.92 Å². The maximum atomic E-state index is 12.1. The Balaban J connectivity index is 1.95. The predicted molar refractivity (Wildman–Crippen MR) is 83.7 cm³/mol. The number of aromatic nitrogens is 1. The Hall–Kier alpha value is -2.11. The zero-order chi connectivity index (χ0) is 16.5. The van der Waals surface area contributed by atoms with Crippen LogP contribution in [0.1, 0.15) is 43.4 Å². The number of carbonyl (C=O) groups is 2. The normalized spacial score (nSPS) is 18.6. The van der Waals surface area contributed by atoms with E-state index >= 15 is 0 Å². The maximum Gasteiger partial charge on any atom is 0.267 e. The number of nitrogens with one attached hydrogen (secondary N) is 2. The molecule has 0 aromatic carbocycles. The summed E-state index contributed by atoms with van der Waals surface area (Å²) in [5.74, 6) is -0.0922. The van der Waals surface area contributed by atoms with Gasteiger partial charge < -0.3 is 15.2 Å². The van der Waals surface area contributed by atoms with E-state index in [1.807, 2.05) is 25.7 Å². The first kappa shape index (κ1) is 16.3. The molecule has 1 fully saturated rings. The van der Waals surface area contributed by atoms with Crippen LogP contribution >= 0.6 is 0 Å². The molecule has 2 rings (SSSR count). The fourth-order valence-electron chi connectivity index (χ4n) is 2.70. The fourth-order valence-corrected chi connectivity index (χ4v) is 2.70. The molecular weight excluding hydrogens is 282 g/mol. The molecule has 2 amide bonds. The van der Waals surface area contributed by atoms with Gasteiger partial charge >= 0.3 is 0 Å². The number of aryl methyl sites for hydroxylation is 1. The summed E-state index contributed by atoms with van der Waals surface area (Å²) < 4.78 is 0. The monoisotopic (exact) mass is 305 g/mol. The third kappa shape index (κ3) is 3.75. The van der Waals surface area contributed by atoms with Gasteiger partial charge in [-0.15, -0.1) is 0 Å². The lowest BCUT2D eigenvalue weighted by Gasteiger charge is -2.32. The average molecular weight is 305 g/mol. The van der Waals surface area contributed by atoms with Crippen molar-refractivity contribution in [1.82, 2.24) is 15.2 Å². The third-order valence-electron chi connectivity index (χ3n) is 3.79. The van der Waals surface area contributed by atoms with Crippen LogP contribution in [0.25, 0.3) is 0 Å². The standard InChI is InChI=1S/C16H23N3O3/c1-10-5-12(20)7-13(18-10)15(22)17-8-11-6-14(21)19(9-11)16(2,3)4/h5,7,11H,6,8-9H2,1-4H3,(H,17,22)(H,18,20)/t11-/m0/s1. The van der Waals surface area contributed by atoms with E-state index in [0.29, 0.717) is 25.2 Å². The molecule has 0 unspecified atom stereocenters. The summed E-state index contributed by atoms with van der Waals surface area (Å²) in [6, 6.07) is 2.72. The van der Waals surface area contributed by atoms with Gasteiger partial charge in [0.25, 0.3) is 5.91 Å². The molecule has 22 heavy (non-hydrogen) atoms. The summed E-state index contributed by atoms with van der Waals surface area (Å²) in [5, 5.41) is 2.80. The molecular formula is C16H23N3O3. The van der Waals surface area contributed by atoms with Gasteiger partial charge in [0, 0.05) is 48.8 Å². The summed E-state index contributed by atoms with van der Waals surface area (Å²) >= 11 is 0. The number of hydrogen-bond acceptors (Lipinski definition) is 3. The van der Waals surface area contributed by atoms with Gasteiger partial charge in [0.2, 0.25) is 5.91 Å². The van der Waals surface area contributed by atoms with Crippen LogP contribution < -0.4 is 10.7 Å². The SMILES string of the molecule is Cc1cc(=O)cc(C(=O)NC[C@@H]2CC(=O)N(C(C)(C)C)C2)[nH]1. The number of aromatic amines is 1. The Morgan fingerprint density at radius 3 is 2.59 bits per heavy atom. The van der Waals surface area contributed by atoms with Crippen molar-refractivity contribution >= 4 is 11.8 Å². The molecule has 1 saturated heterocycles. The molecule has 6 heteroatoms. The summed E-state index contributed by atoms with van der Waals surface area (Å²) in [4.78, 5) is 40.2. The van der Waals surface area contributed by atoms with Crippen molar-refractivity contribution in [2.24, 2.45) is 5.92 Å². The number of rotatable bonds is 3. The molecule has 0 radical (unpaired) electrons. The summed E-state index contributed by atoms with van der Waals surface area (Å²) in [5.41, 5.74) is 0.503. The molecule has 1 aromatic rings. The predicted octanol–water partition coefficient (Wildman–Crippen LogP) is 1.06. The number of pyridine rings is 1. The quantitative estimate of drug-likeness (QED) is 0.876. The van der Waals surface area contributed by atoms with Crippen molar-refractivity contribution in [2.45, 2.75) is 39.7 Å². The first-order chi connectivity index (χ1) is 10.2. The smallest absolute Gasteiger partial charge is 0.267 e. The second-order valence-electron chi connectivity index (χ2n) is 6.87. The maximum absolute atomic E-state index is 12.1. The third-order valence-corrected chi connectivity index (χ3v) is 3.79. The van der Waals surface area contributed by atoms with Gasteiger partial charge in [-0.05, 0) is 27.7 Å². The van der Waals surface area contributed by atoms with Crippen LogP contribution in [0.4, 0.5) is 0 Å². The van der Waals surface area contributed by atoms with Crippen molar-refractivity contribution in [1.29, 1.82) is 0 Å². The zero-order valence-electron chi connectivity index (χ0n) is 13.5. The molecule has 1 aromatic heterocycles. The number of hydrogen-bond donors (Lipinski definition) is 2. The van der Waals surface area contributed by atoms with Crippen LogP contribution in [0, 0.1) is 12.8 Å². The molecule has 1 aliphatic heterocycles. The van der Waals surface area contributed by atoms with Crippen LogP contribution in [0.2, 0.25) is 0 Å². The van der Waals surface area contributed by atoms with Gasteiger partial charge in [-0.3, -0.25) is 14.4 Å². The second kappa shape index (κ2) is 5.94. The highest BCUT2D eigenvalue weighted by Crippen LogP contribution is 2.25. The van der Waals surface area contributed by atoms with E-state index in [0.717, 1.165) is 0 Å². The van der Waals surface area contributed by atoms with Crippen molar-refractivity contribution in [3.8, 4) is 0 Å². The minimum Gasteiger partial charge on any atom is -0.354 e. The van der Waals surface area contributed by atoms with Crippen molar-refractivity contribution in [3.63, 3.8) is 0 Å². The Kier molecular flexibility index (Phi) is 4.39. The van der Waals surface area contributed by atoms with Gasteiger partial charge in [0.15, 0.2) is 5.43 Å². The molecule has 120 valence electrons. The number of H-pyrrole nitrogens is 1. The molecule has 1 aliphatic rings. The van der Waals surface area contributed by atoms with Gasteiger partial charge in [-0.1, -0.05) is 0 Å². The topological polar surface area (TPSA) is 82.3 Å². The molecule has 0 bridgehead atoms. The fraction of sp³-hybridized carbons (Fsp3) is 0.562. The Labute approximate surface area is 129 Å².